The molecule has 31 heavy (non-hydrogen) atoms. The van der Waals surface area contributed by atoms with Crippen molar-refractivity contribution in [2.45, 2.75) is 0 Å². The van der Waals surface area contributed by atoms with E-state index in [2.05, 4.69) is 37.4 Å². The van der Waals surface area contributed by atoms with E-state index in [1.54, 1.807) is 6.07 Å². The molecule has 0 fully saturated rings. The van der Waals surface area contributed by atoms with Crippen molar-refractivity contribution in [3.8, 4) is 0 Å². The number of ether oxygens (including phenoxy) is 3. The number of rotatable bonds is 6. The topological polar surface area (TPSA) is 134 Å². The van der Waals surface area contributed by atoms with Gasteiger partial charge in [-0.1, -0.05) is 0 Å². The summed E-state index contributed by atoms with van der Waals surface area (Å²) in [5, 5.41) is 2.45. The van der Waals surface area contributed by atoms with Crippen LogP contribution in [0.4, 0.5) is 11.4 Å². The van der Waals surface area contributed by atoms with Crippen molar-refractivity contribution in [3.05, 3.63) is 51.7 Å². The first-order valence-electron chi connectivity index (χ1n) is 8.31. The fourth-order valence-corrected chi connectivity index (χ4v) is 6.17. The third-order valence-electron chi connectivity index (χ3n) is 3.86. The maximum absolute atomic E-state index is 12.5. The molecule has 0 saturated heterocycles. The van der Waals surface area contributed by atoms with Crippen molar-refractivity contribution in [1.82, 2.24) is 0 Å². The molecule has 0 aliphatic carbocycles. The summed E-state index contributed by atoms with van der Waals surface area (Å²) in [4.78, 5) is 48.6. The Morgan fingerprint density at radius 1 is 0.935 bits per heavy atom. The van der Waals surface area contributed by atoms with Crippen LogP contribution >= 0.6 is 67.8 Å². The molecule has 0 aliphatic heterocycles. The number of carbonyl (C=O) groups excluding carboxylic acids is 4. The van der Waals surface area contributed by atoms with Crippen LogP contribution in [0.3, 0.4) is 0 Å². The number of carbonyl (C=O) groups is 4. The van der Waals surface area contributed by atoms with Crippen LogP contribution in [-0.4, -0.2) is 44.6 Å². The molecule has 0 radical (unpaired) electrons. The quantitative estimate of drug-likeness (QED) is 0.198. The standard InChI is InChI=1S/C19H15I3N2O7/c1-29-17(26)8-3-4-9(18(27)30-2)12(5-8)24-13(25)7-31-19(28)14-10(20)6-11(21)16(23)15(14)22/h3-6H,7,23H2,1-2H3,(H,24,25). The fraction of sp³-hybridized carbons (Fsp3) is 0.158. The van der Waals surface area contributed by atoms with Crippen LogP contribution in [0.25, 0.3) is 0 Å². The van der Waals surface area contributed by atoms with Gasteiger partial charge in [-0.2, -0.15) is 0 Å². The van der Waals surface area contributed by atoms with Gasteiger partial charge in [-0.15, -0.1) is 0 Å². The maximum Gasteiger partial charge on any atom is 0.340 e. The molecule has 0 spiro atoms. The van der Waals surface area contributed by atoms with Gasteiger partial charge in [-0.3, -0.25) is 4.79 Å². The molecule has 0 atom stereocenters. The van der Waals surface area contributed by atoms with Gasteiger partial charge in [0.25, 0.3) is 5.91 Å². The first-order valence-corrected chi connectivity index (χ1v) is 11.5. The summed E-state index contributed by atoms with van der Waals surface area (Å²) in [6.07, 6.45) is 0. The molecule has 164 valence electrons. The first kappa shape index (κ1) is 25.6. The minimum absolute atomic E-state index is 0.0125. The SMILES string of the molecule is COC(=O)c1ccc(C(=O)OC)c(NC(=O)COC(=O)c2c(I)cc(I)c(N)c2I)c1. The molecule has 9 nitrogen and oxygen atoms in total. The predicted molar refractivity (Wildman–Crippen MR) is 137 cm³/mol. The molecular formula is C19H15I3N2O7. The summed E-state index contributed by atoms with van der Waals surface area (Å²) in [5.41, 5.74) is 6.81. The van der Waals surface area contributed by atoms with Gasteiger partial charge in [-0.05, 0) is 92.0 Å². The summed E-state index contributed by atoms with van der Waals surface area (Å²) in [7, 11) is 2.38. The zero-order valence-electron chi connectivity index (χ0n) is 16.1. The monoisotopic (exact) mass is 764 g/mol. The summed E-state index contributed by atoms with van der Waals surface area (Å²) in [5.74, 6) is -2.81. The van der Waals surface area contributed by atoms with Gasteiger partial charge >= 0.3 is 17.9 Å². The number of hydrogen-bond acceptors (Lipinski definition) is 8. The minimum Gasteiger partial charge on any atom is -0.465 e. The number of nitrogen functional groups attached to an aromatic ring is 1. The Balaban J connectivity index is 2.19. The highest BCUT2D eigenvalue weighted by molar-refractivity contribution is 14.1. The number of amides is 1. The number of nitrogens with two attached hydrogens (primary N) is 1. The Morgan fingerprint density at radius 3 is 2.19 bits per heavy atom. The van der Waals surface area contributed by atoms with Crippen molar-refractivity contribution >= 4 is 103 Å². The van der Waals surface area contributed by atoms with Crippen LogP contribution in [0.15, 0.2) is 24.3 Å². The molecule has 2 aromatic carbocycles. The highest BCUT2D eigenvalue weighted by Gasteiger charge is 2.22. The molecule has 0 saturated carbocycles. The third kappa shape index (κ3) is 6.18. The van der Waals surface area contributed by atoms with E-state index in [4.69, 9.17) is 10.5 Å². The van der Waals surface area contributed by atoms with Crippen LogP contribution in [0.2, 0.25) is 0 Å². The Morgan fingerprint density at radius 2 is 1.58 bits per heavy atom. The van der Waals surface area contributed by atoms with Gasteiger partial charge in [0.05, 0.1) is 45.9 Å². The molecule has 0 unspecified atom stereocenters. The van der Waals surface area contributed by atoms with E-state index in [1.165, 1.54) is 32.4 Å². The normalized spacial score (nSPS) is 10.2. The van der Waals surface area contributed by atoms with Crippen LogP contribution in [0, 0.1) is 10.7 Å². The minimum atomic E-state index is -0.720. The smallest absolute Gasteiger partial charge is 0.340 e. The highest BCUT2D eigenvalue weighted by atomic mass is 127. The molecule has 0 heterocycles. The third-order valence-corrected chi connectivity index (χ3v) is 6.73. The van der Waals surface area contributed by atoms with E-state index in [0.29, 0.717) is 12.8 Å². The predicted octanol–water partition coefficient (Wildman–Crippen LogP) is 3.45. The van der Waals surface area contributed by atoms with Crippen LogP contribution in [0.5, 0.6) is 0 Å². The Hall–Kier alpha value is -1.69. The number of hydrogen-bond donors (Lipinski definition) is 2. The molecule has 2 rings (SSSR count). The molecular weight excluding hydrogens is 749 g/mol. The van der Waals surface area contributed by atoms with E-state index < -0.39 is 30.4 Å². The second-order valence-corrected chi connectivity index (χ2v) is 9.21. The number of esters is 3. The number of anilines is 2. The maximum atomic E-state index is 12.5. The second-order valence-electron chi connectivity index (χ2n) is 5.81. The lowest BCUT2D eigenvalue weighted by Crippen LogP contribution is -2.23. The van der Waals surface area contributed by atoms with Crippen molar-refractivity contribution in [2.24, 2.45) is 0 Å². The Bertz CT molecular complexity index is 1070. The number of nitrogens with one attached hydrogen (secondary N) is 1. The molecule has 0 aromatic heterocycles. The molecule has 12 heteroatoms. The Kier molecular flexibility index (Phi) is 9.28. The van der Waals surface area contributed by atoms with Crippen molar-refractivity contribution < 1.29 is 33.4 Å². The summed E-state index contributed by atoms with van der Waals surface area (Å²) < 4.78 is 16.4. The zero-order chi connectivity index (χ0) is 23.3. The largest absolute Gasteiger partial charge is 0.465 e. The van der Waals surface area contributed by atoms with Crippen LogP contribution in [-0.2, 0) is 19.0 Å². The molecule has 1 amide bonds. The molecule has 0 aliphatic rings. The van der Waals surface area contributed by atoms with Gasteiger partial charge in [-0.25, -0.2) is 14.4 Å². The number of halogens is 3. The van der Waals surface area contributed by atoms with Gasteiger partial charge in [0.15, 0.2) is 6.61 Å². The van der Waals surface area contributed by atoms with Gasteiger partial charge in [0, 0.05) is 7.14 Å². The van der Waals surface area contributed by atoms with Gasteiger partial charge < -0.3 is 25.3 Å². The fourth-order valence-electron chi connectivity index (χ4n) is 2.36. The number of benzene rings is 2. The van der Waals surface area contributed by atoms with Crippen molar-refractivity contribution in [1.29, 1.82) is 0 Å². The number of methoxy groups -OCH3 is 2. The van der Waals surface area contributed by atoms with Crippen LogP contribution in [0.1, 0.15) is 31.1 Å². The average molecular weight is 764 g/mol. The van der Waals surface area contributed by atoms with Crippen molar-refractivity contribution in [3.63, 3.8) is 0 Å². The molecule has 2 aromatic rings. The summed E-state index contributed by atoms with van der Waals surface area (Å²) in [6, 6.07) is 5.68. The van der Waals surface area contributed by atoms with E-state index in [-0.39, 0.29) is 22.4 Å². The molecule has 0 bridgehead atoms. The zero-order valence-corrected chi connectivity index (χ0v) is 22.6. The lowest BCUT2D eigenvalue weighted by Gasteiger charge is -2.13. The van der Waals surface area contributed by atoms with E-state index >= 15 is 0 Å². The molecule has 3 N–H and O–H groups in total. The summed E-state index contributed by atoms with van der Waals surface area (Å²) >= 11 is 5.99. The first-order chi connectivity index (χ1) is 14.6. The van der Waals surface area contributed by atoms with Gasteiger partial charge in [0.2, 0.25) is 0 Å². The Labute approximate surface area is 218 Å². The second kappa shape index (κ2) is 11.3. The van der Waals surface area contributed by atoms with Gasteiger partial charge in [0.1, 0.15) is 0 Å². The van der Waals surface area contributed by atoms with E-state index in [0.717, 1.165) is 3.57 Å². The highest BCUT2D eigenvalue weighted by Crippen LogP contribution is 2.30. The van der Waals surface area contributed by atoms with E-state index in [9.17, 15) is 19.2 Å². The van der Waals surface area contributed by atoms with Crippen LogP contribution < -0.4 is 11.1 Å². The summed E-state index contributed by atoms with van der Waals surface area (Å²) in [6.45, 7) is -0.625. The van der Waals surface area contributed by atoms with Crippen molar-refractivity contribution in [2.75, 3.05) is 31.9 Å². The average Bonchev–Trinajstić information content (AvgIpc) is 2.74. The lowest BCUT2D eigenvalue weighted by atomic mass is 10.1. The van der Waals surface area contributed by atoms with E-state index in [1.807, 2.05) is 45.2 Å². The lowest BCUT2D eigenvalue weighted by molar-refractivity contribution is -0.119.